The summed E-state index contributed by atoms with van der Waals surface area (Å²) in [6.07, 6.45) is 0. The molecule has 2 aromatic rings. The van der Waals surface area contributed by atoms with Gasteiger partial charge in [0.2, 0.25) is 0 Å². The van der Waals surface area contributed by atoms with E-state index in [4.69, 9.17) is 16.7 Å². The third-order valence-corrected chi connectivity index (χ3v) is 2.72. The number of aromatic nitrogens is 2. The van der Waals surface area contributed by atoms with Gasteiger partial charge in [-0.05, 0) is 12.1 Å². The molecule has 0 saturated carbocycles. The van der Waals surface area contributed by atoms with Gasteiger partial charge < -0.3 is 16.4 Å². The van der Waals surface area contributed by atoms with Crippen LogP contribution in [0.3, 0.4) is 0 Å². The van der Waals surface area contributed by atoms with E-state index in [-0.39, 0.29) is 5.82 Å². The number of hydrogen-bond donors (Lipinski definition) is 3. The Morgan fingerprint density at radius 3 is 2.56 bits per heavy atom. The average Bonchev–Trinajstić information content (AvgIpc) is 2.69. The molecule has 0 aliphatic rings. The van der Waals surface area contributed by atoms with E-state index in [1.807, 2.05) is 31.1 Å². The fourth-order valence-electron chi connectivity index (χ4n) is 1.76. The third-order valence-electron chi connectivity index (χ3n) is 2.72. The number of nitrogens with two attached hydrogens (primary N) is 2. The van der Waals surface area contributed by atoms with Crippen LogP contribution in [0.1, 0.15) is 5.56 Å². The van der Waals surface area contributed by atoms with E-state index in [2.05, 4.69) is 16.3 Å². The zero-order valence-corrected chi connectivity index (χ0v) is 10.2. The first-order valence-electron chi connectivity index (χ1n) is 5.35. The number of hydrogen-bond acceptors (Lipinski definition) is 5. The maximum Gasteiger partial charge on any atom is 0.169 e. The van der Waals surface area contributed by atoms with Crippen LogP contribution < -0.4 is 16.4 Å². The Bertz CT molecular complexity index is 620. The Labute approximate surface area is 105 Å². The van der Waals surface area contributed by atoms with Gasteiger partial charge in [0.1, 0.15) is 11.8 Å². The van der Waals surface area contributed by atoms with Gasteiger partial charge in [-0.3, -0.25) is 5.10 Å². The molecule has 0 aliphatic carbocycles. The standard InChI is InChI=1S/C12H14N6/c1-18(2)9-4-3-7(5-8(9)6-13)11-10(14)12(15)17-16-11/h3-5H,14H2,1-2H3,(H3,15,16,17). The summed E-state index contributed by atoms with van der Waals surface area (Å²) in [6.45, 7) is 0. The molecule has 0 fully saturated rings. The van der Waals surface area contributed by atoms with Gasteiger partial charge in [0, 0.05) is 19.7 Å². The van der Waals surface area contributed by atoms with E-state index in [0.29, 0.717) is 16.9 Å². The molecule has 6 nitrogen and oxygen atoms in total. The van der Waals surface area contributed by atoms with E-state index >= 15 is 0 Å². The molecule has 92 valence electrons. The molecule has 0 radical (unpaired) electrons. The zero-order valence-electron chi connectivity index (χ0n) is 10.2. The van der Waals surface area contributed by atoms with Gasteiger partial charge in [-0.25, -0.2) is 0 Å². The number of anilines is 3. The largest absolute Gasteiger partial charge is 0.394 e. The van der Waals surface area contributed by atoms with Gasteiger partial charge in [-0.15, -0.1) is 0 Å². The molecule has 0 bridgehead atoms. The minimum Gasteiger partial charge on any atom is -0.394 e. The summed E-state index contributed by atoms with van der Waals surface area (Å²) in [5.41, 5.74) is 14.6. The molecule has 1 aromatic carbocycles. The quantitative estimate of drug-likeness (QED) is 0.732. The van der Waals surface area contributed by atoms with Crippen LogP contribution in [0.15, 0.2) is 18.2 Å². The van der Waals surface area contributed by atoms with Crippen LogP contribution in [-0.2, 0) is 0 Å². The van der Waals surface area contributed by atoms with Crippen molar-refractivity contribution >= 4 is 17.2 Å². The maximum absolute atomic E-state index is 9.15. The lowest BCUT2D eigenvalue weighted by atomic mass is 10.1. The fraction of sp³-hybridized carbons (Fsp3) is 0.167. The summed E-state index contributed by atoms with van der Waals surface area (Å²) in [5, 5.41) is 15.8. The summed E-state index contributed by atoms with van der Waals surface area (Å²) in [7, 11) is 3.77. The third kappa shape index (κ3) is 1.82. The van der Waals surface area contributed by atoms with Crippen molar-refractivity contribution in [2.45, 2.75) is 0 Å². The number of nitrogens with one attached hydrogen (secondary N) is 1. The lowest BCUT2D eigenvalue weighted by Crippen LogP contribution is -2.10. The molecule has 18 heavy (non-hydrogen) atoms. The number of nitrogens with zero attached hydrogens (tertiary/aromatic N) is 3. The number of rotatable bonds is 2. The Morgan fingerprint density at radius 2 is 2.06 bits per heavy atom. The second kappa shape index (κ2) is 4.30. The predicted molar refractivity (Wildman–Crippen MR) is 71.9 cm³/mol. The van der Waals surface area contributed by atoms with Crippen molar-refractivity contribution in [2.75, 3.05) is 30.5 Å². The van der Waals surface area contributed by atoms with Crippen LogP contribution >= 0.6 is 0 Å². The van der Waals surface area contributed by atoms with Crippen LogP contribution in [0.25, 0.3) is 11.3 Å². The Hall–Kier alpha value is -2.68. The topological polar surface area (TPSA) is 108 Å². The van der Waals surface area contributed by atoms with Crippen LogP contribution in [0.5, 0.6) is 0 Å². The van der Waals surface area contributed by atoms with E-state index in [9.17, 15) is 0 Å². The van der Waals surface area contributed by atoms with Gasteiger partial charge >= 0.3 is 0 Å². The van der Waals surface area contributed by atoms with Crippen LogP contribution in [-0.4, -0.2) is 24.3 Å². The SMILES string of the molecule is CN(C)c1ccc(-c2[nH]nc(N)c2N)cc1C#N. The second-order valence-corrected chi connectivity index (χ2v) is 4.14. The molecule has 1 heterocycles. The van der Waals surface area contributed by atoms with Gasteiger partial charge in [0.25, 0.3) is 0 Å². The highest BCUT2D eigenvalue weighted by Crippen LogP contribution is 2.30. The van der Waals surface area contributed by atoms with Crippen molar-refractivity contribution in [3.63, 3.8) is 0 Å². The Kier molecular flexibility index (Phi) is 2.81. The molecule has 0 saturated heterocycles. The maximum atomic E-state index is 9.15. The van der Waals surface area contributed by atoms with Crippen molar-refractivity contribution in [1.29, 1.82) is 5.26 Å². The molecule has 1 aromatic heterocycles. The van der Waals surface area contributed by atoms with Crippen molar-refractivity contribution in [1.82, 2.24) is 10.2 Å². The van der Waals surface area contributed by atoms with Gasteiger partial charge in [-0.1, -0.05) is 6.07 Å². The number of nitriles is 1. The summed E-state index contributed by atoms with van der Waals surface area (Å²) in [4.78, 5) is 1.88. The van der Waals surface area contributed by atoms with Gasteiger partial charge in [0.15, 0.2) is 5.82 Å². The van der Waals surface area contributed by atoms with Crippen molar-refractivity contribution in [3.8, 4) is 17.3 Å². The molecular weight excluding hydrogens is 228 g/mol. The molecule has 6 heteroatoms. The lowest BCUT2D eigenvalue weighted by Gasteiger charge is -2.14. The van der Waals surface area contributed by atoms with Crippen molar-refractivity contribution < 1.29 is 0 Å². The number of H-pyrrole nitrogens is 1. The van der Waals surface area contributed by atoms with E-state index in [1.165, 1.54) is 0 Å². The molecule has 0 spiro atoms. The highest BCUT2D eigenvalue weighted by Gasteiger charge is 2.12. The van der Waals surface area contributed by atoms with Crippen molar-refractivity contribution in [2.24, 2.45) is 0 Å². The van der Waals surface area contributed by atoms with E-state index < -0.39 is 0 Å². The molecule has 0 amide bonds. The van der Waals surface area contributed by atoms with Crippen LogP contribution in [0.4, 0.5) is 17.2 Å². The summed E-state index contributed by atoms with van der Waals surface area (Å²) >= 11 is 0. The molecule has 0 unspecified atom stereocenters. The highest BCUT2D eigenvalue weighted by molar-refractivity contribution is 5.81. The van der Waals surface area contributed by atoms with E-state index in [1.54, 1.807) is 6.07 Å². The summed E-state index contributed by atoms with van der Waals surface area (Å²) < 4.78 is 0. The number of nitrogen functional groups attached to an aromatic ring is 2. The first-order valence-corrected chi connectivity index (χ1v) is 5.35. The van der Waals surface area contributed by atoms with Gasteiger partial charge in [-0.2, -0.15) is 10.4 Å². The summed E-state index contributed by atoms with van der Waals surface area (Å²) in [5.74, 6) is 0.264. The molecule has 2 rings (SSSR count). The molecule has 5 N–H and O–H groups in total. The number of benzene rings is 1. The zero-order chi connectivity index (χ0) is 13.3. The highest BCUT2D eigenvalue weighted by atomic mass is 15.2. The van der Waals surface area contributed by atoms with Crippen molar-refractivity contribution in [3.05, 3.63) is 23.8 Å². The minimum absolute atomic E-state index is 0.264. The first kappa shape index (κ1) is 11.8. The smallest absolute Gasteiger partial charge is 0.169 e. The van der Waals surface area contributed by atoms with Crippen LogP contribution in [0.2, 0.25) is 0 Å². The fourth-order valence-corrected chi connectivity index (χ4v) is 1.76. The predicted octanol–water partition coefficient (Wildman–Crippen LogP) is 1.18. The van der Waals surface area contributed by atoms with E-state index in [0.717, 1.165) is 11.3 Å². The molecule has 0 aliphatic heterocycles. The average molecular weight is 242 g/mol. The first-order chi connectivity index (χ1) is 8.54. The monoisotopic (exact) mass is 242 g/mol. The minimum atomic E-state index is 0.264. The Morgan fingerprint density at radius 1 is 1.33 bits per heavy atom. The second-order valence-electron chi connectivity index (χ2n) is 4.14. The molecule has 0 atom stereocenters. The normalized spacial score (nSPS) is 10.1. The summed E-state index contributed by atoms with van der Waals surface area (Å²) in [6, 6.07) is 7.67. The lowest BCUT2D eigenvalue weighted by molar-refractivity contribution is 1.10. The van der Waals surface area contributed by atoms with Crippen LogP contribution in [0, 0.1) is 11.3 Å². The Balaban J connectivity index is 2.55. The number of aromatic amines is 1. The molecular formula is C12H14N6. The van der Waals surface area contributed by atoms with Gasteiger partial charge in [0.05, 0.1) is 16.9 Å².